The Morgan fingerprint density at radius 2 is 1.95 bits per heavy atom. The van der Waals surface area contributed by atoms with Crippen LogP contribution in [0.5, 0.6) is 5.75 Å². The molecule has 19 heavy (non-hydrogen) atoms. The number of hydrogen-bond acceptors (Lipinski definition) is 3. The lowest BCUT2D eigenvalue weighted by Gasteiger charge is -2.14. The zero-order valence-electron chi connectivity index (χ0n) is 11.3. The summed E-state index contributed by atoms with van der Waals surface area (Å²) in [6, 6.07) is 14.1. The maximum absolute atomic E-state index is 9.82. The Bertz CT molecular complexity index is 508. The van der Waals surface area contributed by atoms with Crippen LogP contribution in [0.3, 0.4) is 0 Å². The highest BCUT2D eigenvalue weighted by Crippen LogP contribution is 2.25. The fourth-order valence-corrected chi connectivity index (χ4v) is 2.01. The Balaban J connectivity index is 1.94. The van der Waals surface area contributed by atoms with Crippen LogP contribution in [0.4, 0.5) is 0 Å². The summed E-state index contributed by atoms with van der Waals surface area (Å²) in [5, 5.41) is 15.2. The monoisotopic (exact) mass is 259 g/mol. The van der Waals surface area contributed by atoms with Crippen LogP contribution in [0.25, 0.3) is 10.8 Å². The minimum atomic E-state index is -0.481. The number of benzene rings is 2. The van der Waals surface area contributed by atoms with Crippen LogP contribution >= 0.6 is 0 Å². The Kier molecular flexibility index (Phi) is 5.19. The van der Waals surface area contributed by atoms with Gasteiger partial charge in [-0.1, -0.05) is 43.3 Å². The van der Waals surface area contributed by atoms with E-state index in [-0.39, 0.29) is 0 Å². The van der Waals surface area contributed by atoms with E-state index in [2.05, 4.69) is 24.4 Å². The third-order valence-corrected chi connectivity index (χ3v) is 2.99. The lowest BCUT2D eigenvalue weighted by molar-refractivity contribution is 0.107. The lowest BCUT2D eigenvalue weighted by atomic mass is 10.1. The Hall–Kier alpha value is -1.58. The Morgan fingerprint density at radius 3 is 2.79 bits per heavy atom. The second kappa shape index (κ2) is 7.12. The van der Waals surface area contributed by atoms with Gasteiger partial charge in [0.1, 0.15) is 18.5 Å². The molecule has 0 aromatic heterocycles. The van der Waals surface area contributed by atoms with E-state index < -0.39 is 6.10 Å². The van der Waals surface area contributed by atoms with E-state index in [0.29, 0.717) is 13.2 Å². The van der Waals surface area contributed by atoms with E-state index in [1.807, 2.05) is 30.3 Å². The molecule has 0 amide bonds. The number of aliphatic hydroxyl groups is 1. The summed E-state index contributed by atoms with van der Waals surface area (Å²) in [5.74, 6) is 0.827. The van der Waals surface area contributed by atoms with Crippen LogP contribution in [0, 0.1) is 0 Å². The van der Waals surface area contributed by atoms with Crippen molar-refractivity contribution < 1.29 is 9.84 Å². The number of ether oxygens (including phenoxy) is 1. The molecular formula is C16H21NO2. The van der Waals surface area contributed by atoms with Crippen LogP contribution in [0.1, 0.15) is 13.3 Å². The van der Waals surface area contributed by atoms with E-state index in [1.54, 1.807) is 0 Å². The van der Waals surface area contributed by atoms with Gasteiger partial charge in [0.2, 0.25) is 0 Å². The molecular weight excluding hydrogens is 238 g/mol. The third-order valence-electron chi connectivity index (χ3n) is 2.99. The Labute approximate surface area is 114 Å². The smallest absolute Gasteiger partial charge is 0.127 e. The molecule has 0 aliphatic rings. The van der Waals surface area contributed by atoms with E-state index in [1.165, 1.54) is 0 Å². The molecule has 0 aliphatic carbocycles. The first-order valence-electron chi connectivity index (χ1n) is 6.80. The molecule has 0 aliphatic heterocycles. The molecule has 3 heteroatoms. The maximum atomic E-state index is 9.82. The predicted octanol–water partition coefficient (Wildman–Crippen LogP) is 2.58. The van der Waals surface area contributed by atoms with E-state index >= 15 is 0 Å². The fourth-order valence-electron chi connectivity index (χ4n) is 2.01. The standard InChI is InChI=1S/C16H21NO2/c1-2-10-17-11-14(18)12-19-16-9-5-7-13-6-3-4-8-15(13)16/h3-9,14,17-18H,2,10-12H2,1H3/t14-/m0/s1. The van der Waals surface area contributed by atoms with Gasteiger partial charge in [-0.15, -0.1) is 0 Å². The van der Waals surface area contributed by atoms with Gasteiger partial charge in [0.15, 0.2) is 0 Å². The lowest BCUT2D eigenvalue weighted by Crippen LogP contribution is -2.31. The van der Waals surface area contributed by atoms with Gasteiger partial charge in [0.05, 0.1) is 0 Å². The van der Waals surface area contributed by atoms with Crippen LogP contribution < -0.4 is 10.1 Å². The van der Waals surface area contributed by atoms with Gasteiger partial charge in [0.25, 0.3) is 0 Å². The molecule has 2 aromatic rings. The van der Waals surface area contributed by atoms with Crippen molar-refractivity contribution in [3.63, 3.8) is 0 Å². The molecule has 2 N–H and O–H groups in total. The zero-order valence-corrected chi connectivity index (χ0v) is 11.3. The summed E-state index contributed by atoms with van der Waals surface area (Å²) < 4.78 is 5.72. The van der Waals surface area contributed by atoms with Crippen molar-refractivity contribution in [2.45, 2.75) is 19.4 Å². The average molecular weight is 259 g/mol. The first-order chi connectivity index (χ1) is 9.31. The number of hydrogen-bond donors (Lipinski definition) is 2. The molecule has 0 spiro atoms. The van der Waals surface area contributed by atoms with Crippen LogP contribution in [-0.4, -0.2) is 30.9 Å². The molecule has 0 fully saturated rings. The summed E-state index contributed by atoms with van der Waals surface area (Å²) in [7, 11) is 0. The minimum absolute atomic E-state index is 0.310. The van der Waals surface area contributed by atoms with Crippen LogP contribution in [-0.2, 0) is 0 Å². The van der Waals surface area contributed by atoms with E-state index in [0.717, 1.165) is 29.5 Å². The number of fused-ring (bicyclic) bond motifs is 1. The van der Waals surface area contributed by atoms with E-state index in [9.17, 15) is 5.11 Å². The number of rotatable bonds is 7. The highest BCUT2D eigenvalue weighted by molar-refractivity contribution is 5.88. The first-order valence-corrected chi connectivity index (χ1v) is 6.80. The van der Waals surface area contributed by atoms with Gasteiger partial charge >= 0.3 is 0 Å². The quantitative estimate of drug-likeness (QED) is 0.751. The summed E-state index contributed by atoms with van der Waals surface area (Å²) in [6.07, 6.45) is 0.585. The van der Waals surface area contributed by atoms with Crippen LogP contribution in [0.15, 0.2) is 42.5 Å². The van der Waals surface area contributed by atoms with Crippen molar-refractivity contribution in [3.8, 4) is 5.75 Å². The van der Waals surface area contributed by atoms with Crippen molar-refractivity contribution in [1.29, 1.82) is 0 Å². The first kappa shape index (κ1) is 13.8. The summed E-state index contributed by atoms with van der Waals surface area (Å²) >= 11 is 0. The number of nitrogens with one attached hydrogen (secondary N) is 1. The van der Waals surface area contributed by atoms with Crippen molar-refractivity contribution >= 4 is 10.8 Å². The molecule has 0 unspecified atom stereocenters. The minimum Gasteiger partial charge on any atom is -0.490 e. The summed E-state index contributed by atoms with van der Waals surface area (Å²) in [6.45, 7) is 3.90. The van der Waals surface area contributed by atoms with Gasteiger partial charge in [-0.3, -0.25) is 0 Å². The van der Waals surface area contributed by atoms with Crippen molar-refractivity contribution in [2.75, 3.05) is 19.7 Å². The molecule has 0 saturated heterocycles. The molecule has 2 rings (SSSR count). The SMILES string of the molecule is CCCNC[C@H](O)COc1cccc2ccccc12. The summed E-state index contributed by atoms with van der Waals surface area (Å²) in [4.78, 5) is 0. The molecule has 2 aromatic carbocycles. The molecule has 102 valence electrons. The maximum Gasteiger partial charge on any atom is 0.127 e. The van der Waals surface area contributed by atoms with Crippen molar-refractivity contribution in [2.24, 2.45) is 0 Å². The second-order valence-corrected chi connectivity index (χ2v) is 4.65. The normalized spacial score (nSPS) is 12.5. The topological polar surface area (TPSA) is 41.5 Å². The largest absolute Gasteiger partial charge is 0.490 e. The van der Waals surface area contributed by atoms with Gasteiger partial charge in [-0.2, -0.15) is 0 Å². The molecule has 1 atom stereocenters. The highest BCUT2D eigenvalue weighted by Gasteiger charge is 2.06. The molecule has 0 radical (unpaired) electrons. The Morgan fingerprint density at radius 1 is 1.16 bits per heavy atom. The van der Waals surface area contributed by atoms with Crippen molar-refractivity contribution in [3.05, 3.63) is 42.5 Å². The molecule has 0 saturated carbocycles. The van der Waals surface area contributed by atoms with Crippen LogP contribution in [0.2, 0.25) is 0 Å². The van der Waals surface area contributed by atoms with Gasteiger partial charge < -0.3 is 15.2 Å². The van der Waals surface area contributed by atoms with Gasteiger partial charge in [-0.25, -0.2) is 0 Å². The molecule has 3 nitrogen and oxygen atoms in total. The third kappa shape index (κ3) is 3.94. The fraction of sp³-hybridized carbons (Fsp3) is 0.375. The van der Waals surface area contributed by atoms with Gasteiger partial charge in [-0.05, 0) is 24.4 Å². The number of aliphatic hydroxyl groups excluding tert-OH is 1. The van der Waals surface area contributed by atoms with E-state index in [4.69, 9.17) is 4.74 Å². The molecule has 0 bridgehead atoms. The second-order valence-electron chi connectivity index (χ2n) is 4.65. The zero-order chi connectivity index (χ0) is 13.5. The summed E-state index contributed by atoms with van der Waals surface area (Å²) in [5.41, 5.74) is 0. The van der Waals surface area contributed by atoms with Crippen molar-refractivity contribution in [1.82, 2.24) is 5.32 Å². The highest BCUT2D eigenvalue weighted by atomic mass is 16.5. The average Bonchev–Trinajstić information content (AvgIpc) is 2.45. The predicted molar refractivity (Wildman–Crippen MR) is 78.6 cm³/mol. The van der Waals surface area contributed by atoms with Gasteiger partial charge in [0, 0.05) is 11.9 Å². The molecule has 0 heterocycles.